The first-order valence-corrected chi connectivity index (χ1v) is 17.7. The number of fused-ring (bicyclic) bond motifs is 5. The summed E-state index contributed by atoms with van der Waals surface area (Å²) in [6.07, 6.45) is 10.2. The van der Waals surface area contributed by atoms with Crippen molar-refractivity contribution < 1.29 is 41.9 Å². The quantitative estimate of drug-likeness (QED) is 0.183. The van der Waals surface area contributed by atoms with Crippen LogP contribution >= 0.6 is 7.60 Å². The first-order valence-electron chi connectivity index (χ1n) is 16.0. The average Bonchev–Trinajstić information content (AvgIpc) is 3.59. The van der Waals surface area contributed by atoms with Gasteiger partial charge in [0.25, 0.3) is 0 Å². The monoisotopic (exact) mass is 630 g/mol. The molecule has 0 radical (unpaired) electrons. The van der Waals surface area contributed by atoms with Gasteiger partial charge in [-0.3, -0.25) is 14.2 Å². The third-order valence-corrected chi connectivity index (χ3v) is 13.5. The molecule has 1 aromatic rings. The number of carbonyl (C=O) groups is 3. The summed E-state index contributed by atoms with van der Waals surface area (Å²) in [5.74, 6) is -0.921. The van der Waals surface area contributed by atoms with Crippen LogP contribution in [0.5, 0.6) is 0 Å². The lowest BCUT2D eigenvalue weighted by molar-refractivity contribution is -0.217. The Balaban J connectivity index is 1.65. The Morgan fingerprint density at radius 2 is 1.80 bits per heavy atom. The molecule has 3 saturated carbocycles. The zero-order valence-corrected chi connectivity index (χ0v) is 27.9. The van der Waals surface area contributed by atoms with Crippen molar-refractivity contribution in [1.82, 2.24) is 0 Å². The second kappa shape index (κ2) is 11.8. The lowest BCUT2D eigenvalue weighted by Gasteiger charge is -2.66. The maximum Gasteiger partial charge on any atom is 0.356 e. The average molecular weight is 631 g/mol. The molecule has 9 nitrogen and oxygen atoms in total. The normalized spacial score (nSPS) is 38.0. The number of esters is 1. The molecule has 0 saturated heterocycles. The molecule has 10 heteroatoms. The molecule has 0 unspecified atom stereocenters. The predicted molar refractivity (Wildman–Crippen MR) is 164 cm³/mol. The van der Waals surface area contributed by atoms with Crippen LogP contribution in [0.2, 0.25) is 0 Å². The number of carbonyl (C=O) groups excluding carboxylic acids is 3. The fraction of sp³-hybridized carbons (Fsp3) is 0.676. The molecule has 0 spiro atoms. The largest absolute Gasteiger partial charge is 0.472 e. The van der Waals surface area contributed by atoms with Crippen LogP contribution in [-0.4, -0.2) is 48.8 Å². The minimum atomic E-state index is -3.58. The van der Waals surface area contributed by atoms with Crippen LogP contribution in [0.4, 0.5) is 0 Å². The number of rotatable bonds is 11. The van der Waals surface area contributed by atoms with Crippen molar-refractivity contribution in [1.29, 1.82) is 0 Å². The van der Waals surface area contributed by atoms with Gasteiger partial charge in [0.05, 0.1) is 31.1 Å². The fourth-order valence-corrected chi connectivity index (χ4v) is 10.9. The molecule has 4 aliphatic rings. The van der Waals surface area contributed by atoms with Gasteiger partial charge in [-0.15, -0.1) is 0 Å². The highest BCUT2D eigenvalue weighted by Gasteiger charge is 2.75. The summed E-state index contributed by atoms with van der Waals surface area (Å²) >= 11 is 0. The van der Waals surface area contributed by atoms with E-state index in [-0.39, 0.29) is 60.9 Å². The molecule has 0 N–H and O–H groups in total. The van der Waals surface area contributed by atoms with Crippen molar-refractivity contribution in [2.24, 2.45) is 34.0 Å². The molecule has 5 rings (SSSR count). The van der Waals surface area contributed by atoms with Crippen molar-refractivity contribution in [2.45, 2.75) is 92.3 Å². The zero-order chi connectivity index (χ0) is 32.1. The van der Waals surface area contributed by atoms with E-state index in [9.17, 15) is 18.9 Å². The second-order valence-corrected chi connectivity index (χ2v) is 15.5. The first kappa shape index (κ1) is 33.1. The molecular formula is C34H47O9P. The summed E-state index contributed by atoms with van der Waals surface area (Å²) in [4.78, 5) is 40.3. The van der Waals surface area contributed by atoms with Gasteiger partial charge in [0.15, 0.2) is 17.2 Å². The van der Waals surface area contributed by atoms with Gasteiger partial charge in [0, 0.05) is 28.6 Å². The molecule has 4 aliphatic carbocycles. The summed E-state index contributed by atoms with van der Waals surface area (Å²) in [5.41, 5.74) is -1.93. The van der Waals surface area contributed by atoms with Crippen molar-refractivity contribution >= 4 is 25.1 Å². The first-order chi connectivity index (χ1) is 20.8. The topological polar surface area (TPSA) is 118 Å². The van der Waals surface area contributed by atoms with Gasteiger partial charge >= 0.3 is 13.6 Å². The summed E-state index contributed by atoms with van der Waals surface area (Å²) < 4.78 is 43.2. The Labute approximate surface area is 260 Å². The van der Waals surface area contributed by atoms with Crippen LogP contribution in [0.3, 0.4) is 0 Å². The van der Waals surface area contributed by atoms with Crippen molar-refractivity contribution in [2.75, 3.05) is 19.6 Å². The van der Waals surface area contributed by atoms with Crippen molar-refractivity contribution in [3.8, 4) is 0 Å². The molecule has 8 atom stereocenters. The van der Waals surface area contributed by atoms with E-state index < -0.39 is 41.5 Å². The van der Waals surface area contributed by atoms with Gasteiger partial charge in [-0.2, -0.15) is 0 Å². The lowest BCUT2D eigenvalue weighted by Crippen LogP contribution is -2.67. The molecule has 1 aromatic heterocycles. The molecule has 0 amide bonds. The van der Waals surface area contributed by atoms with E-state index in [2.05, 4.69) is 20.8 Å². The minimum absolute atomic E-state index is 0.0185. The highest BCUT2D eigenvalue weighted by atomic mass is 31.2. The van der Waals surface area contributed by atoms with E-state index in [0.29, 0.717) is 12.8 Å². The number of hydrogen-bond donors (Lipinski definition) is 0. The summed E-state index contributed by atoms with van der Waals surface area (Å²) in [6, 6.07) is 1.54. The van der Waals surface area contributed by atoms with E-state index in [1.807, 2.05) is 19.9 Å². The third kappa shape index (κ3) is 4.76. The summed E-state index contributed by atoms with van der Waals surface area (Å²) in [7, 11) is -3.58. The van der Waals surface area contributed by atoms with Crippen molar-refractivity contribution in [3.05, 3.63) is 48.0 Å². The predicted octanol–water partition coefficient (Wildman–Crippen LogP) is 7.32. The highest BCUT2D eigenvalue weighted by molar-refractivity contribution is 7.53. The SMILES string of the molecule is CCOP(=O)(CO[C@H]1C[C@@]2(C)[C@@H](C[C@@H](C)[C@]2(OC(=O)c2ccoc2)C(=O)CC)[C@@H]2CCC3=CC(=O)C=C[C@]3(C)[C@@]12C)OCC. The fourth-order valence-electron chi connectivity index (χ4n) is 9.56. The zero-order valence-electron chi connectivity index (χ0n) is 27.1. The molecule has 44 heavy (non-hydrogen) atoms. The highest BCUT2D eigenvalue weighted by Crippen LogP contribution is 2.74. The van der Waals surface area contributed by atoms with Crippen LogP contribution in [-0.2, 0) is 32.7 Å². The van der Waals surface area contributed by atoms with Crippen LogP contribution in [0.1, 0.15) is 90.9 Å². The van der Waals surface area contributed by atoms with E-state index in [0.717, 1.165) is 18.4 Å². The Bertz CT molecular complexity index is 1390. The smallest absolute Gasteiger partial charge is 0.356 e. The maximum absolute atomic E-state index is 14.2. The Morgan fingerprint density at radius 3 is 2.41 bits per heavy atom. The molecule has 0 aromatic carbocycles. The van der Waals surface area contributed by atoms with Gasteiger partial charge < -0.3 is 22.9 Å². The van der Waals surface area contributed by atoms with Crippen LogP contribution in [0, 0.1) is 34.0 Å². The number of allylic oxidation sites excluding steroid dienone is 4. The number of ketones is 2. The van der Waals surface area contributed by atoms with Crippen LogP contribution in [0.25, 0.3) is 0 Å². The number of furan rings is 1. The lowest BCUT2D eigenvalue weighted by atomic mass is 9.39. The molecule has 0 aliphatic heterocycles. The third-order valence-electron chi connectivity index (χ3n) is 11.7. The number of ether oxygens (including phenoxy) is 2. The Kier molecular flexibility index (Phi) is 8.86. The van der Waals surface area contributed by atoms with Gasteiger partial charge in [0.1, 0.15) is 12.6 Å². The van der Waals surface area contributed by atoms with E-state index in [1.165, 1.54) is 12.5 Å². The van der Waals surface area contributed by atoms with Gasteiger partial charge in [0.2, 0.25) is 0 Å². The van der Waals surface area contributed by atoms with E-state index in [1.54, 1.807) is 32.1 Å². The molecule has 1 heterocycles. The molecular weight excluding hydrogens is 583 g/mol. The molecule has 3 fully saturated rings. The minimum Gasteiger partial charge on any atom is -0.472 e. The van der Waals surface area contributed by atoms with Crippen LogP contribution < -0.4 is 0 Å². The second-order valence-electron chi connectivity index (χ2n) is 13.5. The van der Waals surface area contributed by atoms with E-state index >= 15 is 0 Å². The maximum atomic E-state index is 14.2. The Morgan fingerprint density at radius 1 is 1.09 bits per heavy atom. The summed E-state index contributed by atoms with van der Waals surface area (Å²) in [5, 5.41) is 0. The van der Waals surface area contributed by atoms with Gasteiger partial charge in [-0.25, -0.2) is 4.79 Å². The molecule has 0 bridgehead atoms. The van der Waals surface area contributed by atoms with Crippen LogP contribution in [0.15, 0.2) is 46.8 Å². The van der Waals surface area contributed by atoms with Gasteiger partial charge in [-0.05, 0) is 69.6 Å². The summed E-state index contributed by atoms with van der Waals surface area (Å²) in [6.45, 7) is 14.2. The van der Waals surface area contributed by atoms with Gasteiger partial charge in [-0.1, -0.05) is 46.3 Å². The Hall–Kier alpha value is -2.32. The van der Waals surface area contributed by atoms with Crippen molar-refractivity contribution in [3.63, 3.8) is 0 Å². The number of hydrogen-bond acceptors (Lipinski definition) is 9. The van der Waals surface area contributed by atoms with E-state index in [4.69, 9.17) is 22.9 Å². The number of Topliss-reactive ketones (excluding diaryl/α,β-unsaturated/α-hetero) is 1. The molecule has 242 valence electrons. The standard InChI is InChI=1S/C34H47O9P/c1-8-28(36)34(43-30(37)23-14-16-39-20-23)22(4)17-27-26-12-11-24-18-25(35)13-15-31(24,5)33(26,7)29(19-32(27,34)6)40-21-44(38,41-9-2)42-10-3/h13-16,18,20,22,26-27,29H,8-12,17,19,21H2,1-7H3/t22-,26+,27+,29+,31+,32+,33-,34+/m1/s1.